The lowest BCUT2D eigenvalue weighted by atomic mass is 10.1. The highest BCUT2D eigenvalue weighted by molar-refractivity contribution is 5.93. The smallest absolute Gasteiger partial charge is 0.161 e. The molecular weight excluding hydrogens is 176 g/mol. The van der Waals surface area contributed by atoms with Crippen molar-refractivity contribution in [2.75, 3.05) is 6.54 Å². The van der Waals surface area contributed by atoms with Gasteiger partial charge in [-0.05, 0) is 38.4 Å². The molecule has 0 aliphatic carbocycles. The second-order valence-corrected chi connectivity index (χ2v) is 3.68. The van der Waals surface area contributed by atoms with Gasteiger partial charge in [0.25, 0.3) is 0 Å². The number of nitrogens with zero attached hydrogens (tertiary/aromatic N) is 1. The van der Waals surface area contributed by atoms with Crippen molar-refractivity contribution in [2.24, 2.45) is 0 Å². The summed E-state index contributed by atoms with van der Waals surface area (Å²) in [4.78, 5) is 15.3. The van der Waals surface area contributed by atoms with Gasteiger partial charge in [-0.15, -0.1) is 0 Å². The number of hydrogen-bond acceptors (Lipinski definition) is 3. The minimum absolute atomic E-state index is 0.0726. The molecule has 3 nitrogen and oxygen atoms in total. The molecule has 1 unspecified atom stereocenters. The van der Waals surface area contributed by atoms with Crippen molar-refractivity contribution in [1.29, 1.82) is 0 Å². The number of rotatable bonds is 2. The Kier molecular flexibility index (Phi) is 2.59. The summed E-state index contributed by atoms with van der Waals surface area (Å²) < 4.78 is 0. The average molecular weight is 190 g/mol. The third-order valence-corrected chi connectivity index (χ3v) is 2.61. The first-order valence-electron chi connectivity index (χ1n) is 4.97. The molecule has 1 aliphatic rings. The minimum Gasteiger partial charge on any atom is -0.309 e. The number of Topliss-reactive ketones (excluding diaryl/α,β-unsaturated/α-hetero) is 1. The molecule has 1 fully saturated rings. The highest BCUT2D eigenvalue weighted by atomic mass is 16.1. The Morgan fingerprint density at radius 2 is 2.43 bits per heavy atom. The summed E-state index contributed by atoms with van der Waals surface area (Å²) in [5.41, 5.74) is 1.74. The summed E-state index contributed by atoms with van der Waals surface area (Å²) in [5, 5.41) is 3.37. The number of carbonyl (C=O) groups is 1. The number of nitrogens with one attached hydrogen (secondary N) is 1. The number of pyridine rings is 1. The summed E-state index contributed by atoms with van der Waals surface area (Å²) in [5.74, 6) is 0.0726. The molecule has 0 amide bonds. The lowest BCUT2D eigenvalue weighted by molar-refractivity contribution is 0.101. The number of ketones is 1. The van der Waals surface area contributed by atoms with Crippen LogP contribution in [0, 0.1) is 0 Å². The van der Waals surface area contributed by atoms with E-state index >= 15 is 0 Å². The van der Waals surface area contributed by atoms with Gasteiger partial charge in [-0.1, -0.05) is 0 Å². The van der Waals surface area contributed by atoms with Crippen molar-refractivity contribution in [3.63, 3.8) is 0 Å². The van der Waals surface area contributed by atoms with E-state index in [1.165, 1.54) is 6.42 Å². The Labute approximate surface area is 83.5 Å². The Morgan fingerprint density at radius 1 is 1.57 bits per heavy atom. The van der Waals surface area contributed by atoms with E-state index in [4.69, 9.17) is 0 Å². The van der Waals surface area contributed by atoms with E-state index in [9.17, 15) is 4.79 Å². The van der Waals surface area contributed by atoms with Crippen LogP contribution >= 0.6 is 0 Å². The zero-order valence-electron chi connectivity index (χ0n) is 8.29. The van der Waals surface area contributed by atoms with E-state index in [1.54, 1.807) is 13.1 Å². The highest BCUT2D eigenvalue weighted by Gasteiger charge is 2.17. The molecule has 0 radical (unpaired) electrons. The van der Waals surface area contributed by atoms with Gasteiger partial charge in [-0.3, -0.25) is 9.78 Å². The van der Waals surface area contributed by atoms with Gasteiger partial charge in [0.2, 0.25) is 0 Å². The summed E-state index contributed by atoms with van der Waals surface area (Å²) in [6, 6.07) is 4.18. The second kappa shape index (κ2) is 3.88. The van der Waals surface area contributed by atoms with Crippen LogP contribution in [-0.2, 0) is 0 Å². The van der Waals surface area contributed by atoms with Crippen LogP contribution in [0.1, 0.15) is 41.9 Å². The van der Waals surface area contributed by atoms with Crippen LogP contribution in [0.15, 0.2) is 18.3 Å². The average Bonchev–Trinajstić information content (AvgIpc) is 2.71. The van der Waals surface area contributed by atoms with Crippen molar-refractivity contribution in [2.45, 2.75) is 25.8 Å². The standard InChI is InChI=1S/C11H14N2O/c1-8(14)9-4-5-11(13-7-9)10-3-2-6-12-10/h4-5,7,10,12H,2-3,6H2,1H3. The van der Waals surface area contributed by atoms with Crippen molar-refractivity contribution in [1.82, 2.24) is 10.3 Å². The van der Waals surface area contributed by atoms with E-state index in [-0.39, 0.29) is 5.78 Å². The van der Waals surface area contributed by atoms with Crippen molar-refractivity contribution >= 4 is 5.78 Å². The van der Waals surface area contributed by atoms with E-state index in [1.807, 2.05) is 12.1 Å². The van der Waals surface area contributed by atoms with Crippen LogP contribution < -0.4 is 5.32 Å². The quantitative estimate of drug-likeness (QED) is 0.722. The van der Waals surface area contributed by atoms with E-state index in [0.717, 1.165) is 18.7 Å². The Hall–Kier alpha value is -1.22. The molecule has 74 valence electrons. The maximum Gasteiger partial charge on any atom is 0.161 e. The topological polar surface area (TPSA) is 42.0 Å². The molecule has 0 aromatic carbocycles. The Morgan fingerprint density at radius 3 is 2.93 bits per heavy atom. The van der Waals surface area contributed by atoms with Gasteiger partial charge in [-0.2, -0.15) is 0 Å². The summed E-state index contributed by atoms with van der Waals surface area (Å²) in [7, 11) is 0. The van der Waals surface area contributed by atoms with Gasteiger partial charge in [0.15, 0.2) is 5.78 Å². The molecule has 1 aromatic heterocycles. The molecular formula is C11H14N2O. The first kappa shape index (κ1) is 9.34. The van der Waals surface area contributed by atoms with E-state index in [2.05, 4.69) is 10.3 Å². The summed E-state index contributed by atoms with van der Waals surface area (Å²) in [6.45, 7) is 2.63. The summed E-state index contributed by atoms with van der Waals surface area (Å²) in [6.07, 6.45) is 4.02. The van der Waals surface area contributed by atoms with E-state index < -0.39 is 0 Å². The van der Waals surface area contributed by atoms with E-state index in [0.29, 0.717) is 11.6 Å². The Bertz CT molecular complexity index is 326. The van der Waals surface area contributed by atoms with Gasteiger partial charge >= 0.3 is 0 Å². The maximum absolute atomic E-state index is 11.0. The van der Waals surface area contributed by atoms with Crippen LogP contribution in [0.25, 0.3) is 0 Å². The first-order chi connectivity index (χ1) is 6.77. The fraction of sp³-hybridized carbons (Fsp3) is 0.455. The van der Waals surface area contributed by atoms with Gasteiger partial charge in [0, 0.05) is 17.8 Å². The van der Waals surface area contributed by atoms with Gasteiger partial charge in [-0.25, -0.2) is 0 Å². The molecule has 0 saturated carbocycles. The third-order valence-electron chi connectivity index (χ3n) is 2.61. The largest absolute Gasteiger partial charge is 0.309 e. The minimum atomic E-state index is 0.0726. The predicted molar refractivity (Wildman–Crippen MR) is 54.2 cm³/mol. The molecule has 1 N–H and O–H groups in total. The number of hydrogen-bond donors (Lipinski definition) is 1. The predicted octanol–water partition coefficient (Wildman–Crippen LogP) is 1.71. The van der Waals surface area contributed by atoms with Crippen molar-refractivity contribution in [3.05, 3.63) is 29.6 Å². The fourth-order valence-corrected chi connectivity index (χ4v) is 1.76. The molecule has 1 atom stereocenters. The maximum atomic E-state index is 11.0. The van der Waals surface area contributed by atoms with Gasteiger partial charge in [0.1, 0.15) is 0 Å². The molecule has 2 heterocycles. The molecule has 1 aromatic rings. The highest BCUT2D eigenvalue weighted by Crippen LogP contribution is 2.20. The third kappa shape index (κ3) is 1.82. The summed E-state index contributed by atoms with van der Waals surface area (Å²) >= 11 is 0. The zero-order valence-corrected chi connectivity index (χ0v) is 8.29. The van der Waals surface area contributed by atoms with Crippen LogP contribution in [0.4, 0.5) is 0 Å². The van der Waals surface area contributed by atoms with Crippen LogP contribution in [0.2, 0.25) is 0 Å². The molecule has 0 spiro atoms. The number of aromatic nitrogens is 1. The zero-order chi connectivity index (χ0) is 9.97. The SMILES string of the molecule is CC(=O)c1ccc(C2CCCN2)nc1. The fourth-order valence-electron chi connectivity index (χ4n) is 1.76. The molecule has 0 bridgehead atoms. The van der Waals surface area contributed by atoms with Crippen molar-refractivity contribution < 1.29 is 4.79 Å². The molecule has 14 heavy (non-hydrogen) atoms. The normalized spacial score (nSPS) is 21.1. The lowest BCUT2D eigenvalue weighted by Gasteiger charge is -2.08. The molecule has 1 aliphatic heterocycles. The first-order valence-corrected chi connectivity index (χ1v) is 4.97. The Balaban J connectivity index is 2.16. The molecule has 1 saturated heterocycles. The lowest BCUT2D eigenvalue weighted by Crippen LogP contribution is -2.14. The van der Waals surface area contributed by atoms with Gasteiger partial charge in [0.05, 0.1) is 5.69 Å². The van der Waals surface area contributed by atoms with Crippen molar-refractivity contribution in [3.8, 4) is 0 Å². The molecule has 2 rings (SSSR count). The van der Waals surface area contributed by atoms with Crippen LogP contribution in [0.3, 0.4) is 0 Å². The molecule has 3 heteroatoms. The monoisotopic (exact) mass is 190 g/mol. The van der Waals surface area contributed by atoms with Crippen LogP contribution in [0.5, 0.6) is 0 Å². The van der Waals surface area contributed by atoms with Crippen LogP contribution in [-0.4, -0.2) is 17.3 Å². The second-order valence-electron chi connectivity index (χ2n) is 3.68. The van der Waals surface area contributed by atoms with Gasteiger partial charge < -0.3 is 5.32 Å². The number of carbonyl (C=O) groups excluding carboxylic acids is 1.